The standard InChI is InChI=1S/C18H12ClFO2/c19-16-6-3-7-17(20)15(16)11-18(21)22-14-9-8-12-4-1-2-5-13(12)10-14/h1-10H,11H2. The SMILES string of the molecule is O=C(Cc1c(F)cccc1Cl)Oc1ccc2ccccc2c1. The van der Waals surface area contributed by atoms with E-state index in [-0.39, 0.29) is 17.0 Å². The molecule has 0 radical (unpaired) electrons. The zero-order valence-corrected chi connectivity index (χ0v) is 12.3. The van der Waals surface area contributed by atoms with Gasteiger partial charge in [-0.15, -0.1) is 0 Å². The summed E-state index contributed by atoms with van der Waals surface area (Å²) in [6, 6.07) is 17.4. The molecule has 0 aromatic heterocycles. The number of halogens is 2. The molecule has 0 saturated heterocycles. The summed E-state index contributed by atoms with van der Waals surface area (Å²) in [5, 5.41) is 2.24. The Labute approximate surface area is 132 Å². The van der Waals surface area contributed by atoms with Gasteiger partial charge in [-0.3, -0.25) is 4.79 Å². The molecule has 4 heteroatoms. The fourth-order valence-corrected chi connectivity index (χ4v) is 2.47. The third-order valence-electron chi connectivity index (χ3n) is 3.34. The molecule has 2 nitrogen and oxygen atoms in total. The van der Waals surface area contributed by atoms with Crippen molar-refractivity contribution in [3.63, 3.8) is 0 Å². The Morgan fingerprint density at radius 3 is 2.55 bits per heavy atom. The molecule has 22 heavy (non-hydrogen) atoms. The minimum absolute atomic E-state index is 0.148. The van der Waals surface area contributed by atoms with Crippen LogP contribution in [0.4, 0.5) is 4.39 Å². The second-order valence-electron chi connectivity index (χ2n) is 4.86. The van der Waals surface area contributed by atoms with Crippen LogP contribution in [0.5, 0.6) is 5.75 Å². The zero-order chi connectivity index (χ0) is 15.5. The van der Waals surface area contributed by atoms with Crippen molar-refractivity contribution in [3.8, 4) is 5.75 Å². The molecule has 3 aromatic carbocycles. The van der Waals surface area contributed by atoms with Crippen LogP contribution in [0.15, 0.2) is 60.7 Å². The Hall–Kier alpha value is -2.39. The van der Waals surface area contributed by atoms with E-state index < -0.39 is 11.8 Å². The van der Waals surface area contributed by atoms with E-state index in [1.807, 2.05) is 30.3 Å². The van der Waals surface area contributed by atoms with Gasteiger partial charge >= 0.3 is 5.97 Å². The van der Waals surface area contributed by atoms with E-state index in [1.165, 1.54) is 12.1 Å². The molecule has 3 aromatic rings. The quantitative estimate of drug-likeness (QED) is 0.513. The fraction of sp³-hybridized carbons (Fsp3) is 0.0556. The van der Waals surface area contributed by atoms with Crippen LogP contribution in [-0.2, 0) is 11.2 Å². The molecule has 0 spiro atoms. The van der Waals surface area contributed by atoms with Gasteiger partial charge < -0.3 is 4.74 Å². The van der Waals surface area contributed by atoms with Crippen LogP contribution >= 0.6 is 11.6 Å². The largest absolute Gasteiger partial charge is 0.426 e. The third-order valence-corrected chi connectivity index (χ3v) is 3.69. The second kappa shape index (κ2) is 6.16. The van der Waals surface area contributed by atoms with E-state index in [9.17, 15) is 9.18 Å². The maximum Gasteiger partial charge on any atom is 0.315 e. The molecule has 0 N–H and O–H groups in total. The highest BCUT2D eigenvalue weighted by atomic mass is 35.5. The Balaban J connectivity index is 1.78. The first-order valence-corrected chi connectivity index (χ1v) is 7.13. The first-order valence-electron chi connectivity index (χ1n) is 6.76. The average molecular weight is 315 g/mol. The lowest BCUT2D eigenvalue weighted by molar-refractivity contribution is -0.133. The number of ether oxygens (including phenoxy) is 1. The molecule has 3 rings (SSSR count). The predicted molar refractivity (Wildman–Crippen MR) is 84.7 cm³/mol. The van der Waals surface area contributed by atoms with Crippen LogP contribution in [0.25, 0.3) is 10.8 Å². The van der Waals surface area contributed by atoms with Crippen LogP contribution in [0.2, 0.25) is 5.02 Å². The van der Waals surface area contributed by atoms with Gasteiger partial charge in [0.05, 0.1) is 6.42 Å². The van der Waals surface area contributed by atoms with Crippen molar-refractivity contribution in [3.05, 3.63) is 77.1 Å². The lowest BCUT2D eigenvalue weighted by Crippen LogP contribution is -2.12. The Kier molecular flexibility index (Phi) is 4.07. The molecule has 0 bridgehead atoms. The smallest absolute Gasteiger partial charge is 0.315 e. The first-order chi connectivity index (χ1) is 10.6. The van der Waals surface area contributed by atoms with Crippen LogP contribution in [0, 0.1) is 5.82 Å². The molecule has 0 amide bonds. The van der Waals surface area contributed by atoms with Gasteiger partial charge in [0.15, 0.2) is 0 Å². The van der Waals surface area contributed by atoms with E-state index in [0.717, 1.165) is 10.8 Å². The van der Waals surface area contributed by atoms with E-state index in [0.29, 0.717) is 5.75 Å². The summed E-state index contributed by atoms with van der Waals surface area (Å²) >= 11 is 5.91. The van der Waals surface area contributed by atoms with Gasteiger partial charge in [0.1, 0.15) is 11.6 Å². The molecular weight excluding hydrogens is 303 g/mol. The molecule has 0 aliphatic heterocycles. The number of fused-ring (bicyclic) bond motifs is 1. The number of hydrogen-bond acceptors (Lipinski definition) is 2. The van der Waals surface area contributed by atoms with Crippen molar-refractivity contribution in [1.82, 2.24) is 0 Å². The van der Waals surface area contributed by atoms with Crippen molar-refractivity contribution in [2.75, 3.05) is 0 Å². The van der Waals surface area contributed by atoms with Crippen LogP contribution in [0.1, 0.15) is 5.56 Å². The number of rotatable bonds is 3. The summed E-state index contributed by atoms with van der Waals surface area (Å²) in [4.78, 5) is 12.0. The van der Waals surface area contributed by atoms with Gasteiger partial charge in [0.25, 0.3) is 0 Å². The van der Waals surface area contributed by atoms with Crippen molar-refractivity contribution in [1.29, 1.82) is 0 Å². The summed E-state index contributed by atoms with van der Waals surface area (Å²) in [5.74, 6) is -0.638. The molecule has 110 valence electrons. The van der Waals surface area contributed by atoms with Gasteiger partial charge in [-0.2, -0.15) is 0 Å². The Morgan fingerprint density at radius 2 is 1.77 bits per heavy atom. The highest BCUT2D eigenvalue weighted by molar-refractivity contribution is 6.31. The fourth-order valence-electron chi connectivity index (χ4n) is 2.24. The predicted octanol–water partition coefficient (Wildman–Crippen LogP) is 4.78. The minimum atomic E-state index is -0.553. The summed E-state index contributed by atoms with van der Waals surface area (Å²) in [6.45, 7) is 0. The monoisotopic (exact) mass is 314 g/mol. The molecule has 0 aliphatic carbocycles. The number of esters is 1. The van der Waals surface area contributed by atoms with Crippen molar-refractivity contribution in [2.24, 2.45) is 0 Å². The Morgan fingerprint density at radius 1 is 1.00 bits per heavy atom. The second-order valence-corrected chi connectivity index (χ2v) is 5.27. The lowest BCUT2D eigenvalue weighted by Gasteiger charge is -2.07. The maximum atomic E-state index is 13.7. The molecule has 0 heterocycles. The summed E-state index contributed by atoms with van der Waals surface area (Å²) in [7, 11) is 0. The molecule has 0 unspecified atom stereocenters. The van der Waals surface area contributed by atoms with Crippen molar-refractivity contribution < 1.29 is 13.9 Å². The summed E-state index contributed by atoms with van der Waals surface area (Å²) in [6.07, 6.45) is -0.210. The molecule has 0 atom stereocenters. The average Bonchev–Trinajstić information content (AvgIpc) is 2.51. The zero-order valence-electron chi connectivity index (χ0n) is 11.6. The van der Waals surface area contributed by atoms with E-state index in [1.54, 1.807) is 18.2 Å². The molecule has 0 saturated carbocycles. The Bertz CT molecular complexity index is 825. The normalized spacial score (nSPS) is 10.6. The summed E-state index contributed by atoms with van der Waals surface area (Å²) in [5.41, 5.74) is 0.148. The maximum absolute atomic E-state index is 13.7. The van der Waals surface area contributed by atoms with Gasteiger partial charge in [0.2, 0.25) is 0 Å². The van der Waals surface area contributed by atoms with Crippen molar-refractivity contribution >= 4 is 28.3 Å². The van der Waals surface area contributed by atoms with Crippen molar-refractivity contribution in [2.45, 2.75) is 6.42 Å². The number of hydrogen-bond donors (Lipinski definition) is 0. The number of carbonyl (C=O) groups excluding carboxylic acids is 1. The number of carbonyl (C=O) groups is 1. The number of benzene rings is 3. The highest BCUT2D eigenvalue weighted by Gasteiger charge is 2.13. The van der Waals surface area contributed by atoms with Crippen LogP contribution in [-0.4, -0.2) is 5.97 Å². The molecular formula is C18H12ClFO2. The molecule has 0 aliphatic rings. The topological polar surface area (TPSA) is 26.3 Å². The highest BCUT2D eigenvalue weighted by Crippen LogP contribution is 2.23. The van der Waals surface area contributed by atoms with Gasteiger partial charge in [0, 0.05) is 10.6 Å². The van der Waals surface area contributed by atoms with Crippen LogP contribution in [0.3, 0.4) is 0 Å². The first kappa shape index (κ1) is 14.5. The molecule has 0 fully saturated rings. The summed E-state index contributed by atoms with van der Waals surface area (Å²) < 4.78 is 18.9. The van der Waals surface area contributed by atoms with Gasteiger partial charge in [-0.05, 0) is 35.0 Å². The lowest BCUT2D eigenvalue weighted by atomic mass is 10.1. The van der Waals surface area contributed by atoms with E-state index >= 15 is 0 Å². The van der Waals surface area contributed by atoms with E-state index in [2.05, 4.69) is 0 Å². The third kappa shape index (κ3) is 3.10. The minimum Gasteiger partial charge on any atom is -0.426 e. The van der Waals surface area contributed by atoms with Crippen LogP contribution < -0.4 is 4.74 Å². The van der Waals surface area contributed by atoms with Gasteiger partial charge in [-0.1, -0.05) is 48.0 Å². The van der Waals surface area contributed by atoms with Gasteiger partial charge in [-0.25, -0.2) is 4.39 Å². The van der Waals surface area contributed by atoms with E-state index in [4.69, 9.17) is 16.3 Å².